The molecular weight excluding hydrogens is 435 g/mol. The number of anilines is 1. The number of nitrogens with one attached hydrogen (secondary N) is 1. The van der Waals surface area contributed by atoms with Gasteiger partial charge in [-0.05, 0) is 18.9 Å². The van der Waals surface area contributed by atoms with Crippen LogP contribution in [0.3, 0.4) is 0 Å². The number of benzene rings is 1. The maximum absolute atomic E-state index is 14.4. The fraction of sp³-hybridized carbons (Fsp3) is 0.391. The molecule has 0 radical (unpaired) electrons. The second-order valence-corrected chi connectivity index (χ2v) is 7.93. The third-order valence-corrected chi connectivity index (χ3v) is 5.95. The minimum Gasteiger partial charge on any atom is -0.479 e. The van der Waals surface area contributed by atoms with Crippen molar-refractivity contribution in [2.24, 2.45) is 0 Å². The van der Waals surface area contributed by atoms with E-state index in [1.807, 2.05) is 11.0 Å². The Hall–Kier alpha value is -3.43. The predicted molar refractivity (Wildman–Crippen MR) is 117 cm³/mol. The molecule has 7 nitrogen and oxygen atoms in total. The molecule has 1 N–H and O–H groups in total. The number of hydrogen-bond donors (Lipinski definition) is 1. The second-order valence-electron chi connectivity index (χ2n) is 7.93. The highest BCUT2D eigenvalue weighted by molar-refractivity contribution is 5.92. The summed E-state index contributed by atoms with van der Waals surface area (Å²) < 4.78 is 46.0. The second kappa shape index (κ2) is 9.60. The first kappa shape index (κ1) is 22.8. The van der Waals surface area contributed by atoms with E-state index in [1.165, 1.54) is 25.6 Å². The van der Waals surface area contributed by atoms with E-state index in [9.17, 15) is 18.0 Å². The zero-order valence-corrected chi connectivity index (χ0v) is 18.3. The van der Waals surface area contributed by atoms with Gasteiger partial charge in [0.15, 0.2) is 0 Å². The number of hydrogen-bond acceptors (Lipinski definition) is 6. The highest BCUT2D eigenvalue weighted by Gasteiger charge is 2.25. The number of carbonyl (C=O) groups excluding carboxylic acids is 1. The Balaban J connectivity index is 1.64. The van der Waals surface area contributed by atoms with Crippen LogP contribution in [-0.4, -0.2) is 46.0 Å². The first-order valence-electron chi connectivity index (χ1n) is 10.6. The first-order valence-corrected chi connectivity index (χ1v) is 10.6. The third kappa shape index (κ3) is 4.69. The molecule has 0 unspecified atom stereocenters. The number of carbonyl (C=O) groups is 1. The number of amides is 1. The molecule has 0 aliphatic carbocycles. The largest absolute Gasteiger partial charge is 0.479 e. The maximum Gasteiger partial charge on any atom is 0.266 e. The Morgan fingerprint density at radius 3 is 2.70 bits per heavy atom. The molecule has 3 aromatic rings. The SMILES string of the molecule is COc1nc(C2CCN(C(C)=O)CC2)cc2c(NCc3cccc(C(F)F)c3F)ncnc12. The highest BCUT2D eigenvalue weighted by Crippen LogP contribution is 2.34. The van der Waals surface area contributed by atoms with Crippen LogP contribution in [0.5, 0.6) is 5.88 Å². The molecule has 1 aliphatic rings. The Morgan fingerprint density at radius 1 is 1.27 bits per heavy atom. The molecule has 0 spiro atoms. The van der Waals surface area contributed by atoms with Crippen LogP contribution in [-0.2, 0) is 11.3 Å². The summed E-state index contributed by atoms with van der Waals surface area (Å²) in [6.45, 7) is 2.83. The molecule has 1 aromatic carbocycles. The molecule has 3 heterocycles. The number of alkyl halides is 2. The molecule has 0 saturated carbocycles. The fourth-order valence-electron chi connectivity index (χ4n) is 4.12. The summed E-state index contributed by atoms with van der Waals surface area (Å²) in [6.07, 6.45) is -0.0180. The molecule has 2 aromatic heterocycles. The molecule has 33 heavy (non-hydrogen) atoms. The van der Waals surface area contributed by atoms with Gasteiger partial charge in [0.05, 0.1) is 18.1 Å². The number of pyridine rings is 1. The number of fused-ring (bicyclic) bond motifs is 1. The zero-order valence-electron chi connectivity index (χ0n) is 18.3. The average molecular weight is 459 g/mol. The lowest BCUT2D eigenvalue weighted by atomic mass is 9.92. The van der Waals surface area contributed by atoms with Gasteiger partial charge >= 0.3 is 0 Å². The first-order chi connectivity index (χ1) is 15.9. The van der Waals surface area contributed by atoms with Gasteiger partial charge < -0.3 is 15.0 Å². The number of rotatable bonds is 6. The van der Waals surface area contributed by atoms with Gasteiger partial charge in [-0.15, -0.1) is 0 Å². The Labute approximate surface area is 189 Å². The lowest BCUT2D eigenvalue weighted by Crippen LogP contribution is -2.36. The van der Waals surface area contributed by atoms with Crippen molar-refractivity contribution in [3.05, 3.63) is 53.2 Å². The Morgan fingerprint density at radius 2 is 2.03 bits per heavy atom. The summed E-state index contributed by atoms with van der Waals surface area (Å²) in [5, 5.41) is 3.68. The van der Waals surface area contributed by atoms with Gasteiger partial charge in [-0.25, -0.2) is 28.1 Å². The average Bonchev–Trinajstić information content (AvgIpc) is 2.82. The van der Waals surface area contributed by atoms with Gasteiger partial charge in [-0.2, -0.15) is 0 Å². The molecule has 0 atom stereocenters. The quantitative estimate of drug-likeness (QED) is 0.587. The highest BCUT2D eigenvalue weighted by atomic mass is 19.3. The molecule has 1 fully saturated rings. The summed E-state index contributed by atoms with van der Waals surface area (Å²) in [6, 6.07) is 5.80. The van der Waals surface area contributed by atoms with E-state index in [2.05, 4.69) is 20.3 Å². The van der Waals surface area contributed by atoms with Crippen molar-refractivity contribution in [2.75, 3.05) is 25.5 Å². The number of likely N-dealkylation sites (tertiary alicyclic amines) is 1. The number of halogens is 3. The number of nitrogens with zero attached hydrogens (tertiary/aromatic N) is 4. The molecule has 1 amide bonds. The van der Waals surface area contributed by atoms with Crippen molar-refractivity contribution >= 4 is 22.6 Å². The lowest BCUT2D eigenvalue weighted by Gasteiger charge is -2.31. The molecule has 1 aliphatic heterocycles. The summed E-state index contributed by atoms with van der Waals surface area (Å²) >= 11 is 0. The maximum atomic E-state index is 14.4. The lowest BCUT2D eigenvalue weighted by molar-refractivity contribution is -0.129. The van der Waals surface area contributed by atoms with E-state index in [4.69, 9.17) is 4.74 Å². The van der Waals surface area contributed by atoms with Crippen molar-refractivity contribution < 1.29 is 22.7 Å². The number of aromatic nitrogens is 3. The fourth-order valence-corrected chi connectivity index (χ4v) is 4.12. The van der Waals surface area contributed by atoms with Crippen LogP contribution in [0.1, 0.15) is 48.9 Å². The van der Waals surface area contributed by atoms with Gasteiger partial charge in [0.2, 0.25) is 11.8 Å². The van der Waals surface area contributed by atoms with Gasteiger partial charge in [0, 0.05) is 43.7 Å². The summed E-state index contributed by atoms with van der Waals surface area (Å²) in [4.78, 5) is 26.6. The van der Waals surface area contributed by atoms with E-state index < -0.39 is 17.8 Å². The van der Waals surface area contributed by atoms with Crippen LogP contribution in [0.25, 0.3) is 10.9 Å². The monoisotopic (exact) mass is 459 g/mol. The summed E-state index contributed by atoms with van der Waals surface area (Å²) in [7, 11) is 1.50. The van der Waals surface area contributed by atoms with Crippen LogP contribution in [0.4, 0.5) is 19.0 Å². The zero-order chi connectivity index (χ0) is 23.5. The van der Waals surface area contributed by atoms with Gasteiger partial charge in [0.1, 0.15) is 23.5 Å². The standard InChI is InChI=1S/C23H24F3N5O2/c1-13(32)31-8-6-14(7-9-31)18-10-17-20(23(30-18)33-2)28-12-29-22(17)27-11-15-4-3-5-16(19(15)24)21(25)26/h3-5,10,12,14,21H,6-9,11H2,1-2H3,(H,27,28,29). The van der Waals surface area contributed by atoms with E-state index in [0.29, 0.717) is 35.7 Å². The van der Waals surface area contributed by atoms with E-state index in [-0.39, 0.29) is 23.9 Å². The topological polar surface area (TPSA) is 80.2 Å². The van der Waals surface area contributed by atoms with Crippen molar-refractivity contribution in [1.29, 1.82) is 0 Å². The van der Waals surface area contributed by atoms with Crippen molar-refractivity contribution in [3.63, 3.8) is 0 Å². The molecule has 0 bridgehead atoms. The smallest absolute Gasteiger partial charge is 0.266 e. The van der Waals surface area contributed by atoms with Gasteiger partial charge in [0.25, 0.3) is 6.43 Å². The van der Waals surface area contributed by atoms with Gasteiger partial charge in [-0.1, -0.05) is 18.2 Å². The summed E-state index contributed by atoms with van der Waals surface area (Å²) in [5.74, 6) is 0.0148. The molecule has 4 rings (SSSR count). The van der Waals surface area contributed by atoms with Gasteiger partial charge in [-0.3, -0.25) is 4.79 Å². The minimum absolute atomic E-state index is 0.0323. The molecular formula is C23H24F3N5O2. The van der Waals surface area contributed by atoms with Crippen LogP contribution in [0.15, 0.2) is 30.6 Å². The van der Waals surface area contributed by atoms with Crippen molar-refractivity contribution in [3.8, 4) is 5.88 Å². The van der Waals surface area contributed by atoms with Crippen molar-refractivity contribution in [2.45, 2.75) is 38.7 Å². The summed E-state index contributed by atoms with van der Waals surface area (Å²) in [5.41, 5.74) is 0.761. The Bertz CT molecular complexity index is 1170. The molecule has 10 heteroatoms. The van der Waals surface area contributed by atoms with E-state index >= 15 is 0 Å². The van der Waals surface area contributed by atoms with Crippen LogP contribution in [0, 0.1) is 5.82 Å². The normalized spacial score (nSPS) is 14.7. The van der Waals surface area contributed by atoms with Crippen LogP contribution < -0.4 is 10.1 Å². The molecule has 174 valence electrons. The number of methoxy groups -OCH3 is 1. The van der Waals surface area contributed by atoms with Crippen molar-refractivity contribution in [1.82, 2.24) is 19.9 Å². The van der Waals surface area contributed by atoms with Crippen LogP contribution >= 0.6 is 0 Å². The number of piperidine rings is 1. The molecule has 1 saturated heterocycles. The van der Waals surface area contributed by atoms with E-state index in [1.54, 1.807) is 6.92 Å². The minimum atomic E-state index is -2.89. The van der Waals surface area contributed by atoms with Crippen LogP contribution in [0.2, 0.25) is 0 Å². The number of ether oxygens (including phenoxy) is 1. The Kier molecular flexibility index (Phi) is 6.62. The van der Waals surface area contributed by atoms with E-state index in [0.717, 1.165) is 24.6 Å². The predicted octanol–water partition coefficient (Wildman–Crippen LogP) is 4.45. The third-order valence-electron chi connectivity index (χ3n) is 5.95.